The van der Waals surface area contributed by atoms with Crippen molar-refractivity contribution in [2.24, 2.45) is 17.6 Å². The smallest absolute Gasteiger partial charge is 0.242 e. The highest BCUT2D eigenvalue weighted by Gasteiger charge is 2.46. The molecule has 108 valence electrons. The van der Waals surface area contributed by atoms with E-state index in [1.165, 1.54) is 38.5 Å². The molecule has 19 heavy (non-hydrogen) atoms. The Morgan fingerprint density at radius 2 is 1.95 bits per heavy atom. The molecule has 3 aliphatic rings. The maximum absolute atomic E-state index is 12.9. The third-order valence-electron chi connectivity index (χ3n) is 5.73. The number of rotatable bonds is 1. The van der Waals surface area contributed by atoms with Crippen LogP contribution in [0.2, 0.25) is 0 Å². The van der Waals surface area contributed by atoms with Crippen LogP contribution in [0, 0.1) is 11.8 Å². The van der Waals surface area contributed by atoms with E-state index >= 15 is 0 Å². The Labute approximate surface area is 116 Å². The lowest BCUT2D eigenvalue weighted by atomic mass is 9.76. The van der Waals surface area contributed by atoms with Crippen LogP contribution in [0.4, 0.5) is 0 Å². The average molecular weight is 264 g/mol. The van der Waals surface area contributed by atoms with E-state index in [2.05, 4.69) is 11.8 Å². The molecule has 2 saturated carbocycles. The molecule has 0 radical (unpaired) electrons. The van der Waals surface area contributed by atoms with Gasteiger partial charge in [-0.3, -0.25) is 4.79 Å². The Morgan fingerprint density at radius 1 is 1.16 bits per heavy atom. The number of carbonyl (C=O) groups excluding carboxylic acids is 1. The van der Waals surface area contributed by atoms with Crippen molar-refractivity contribution < 1.29 is 4.79 Å². The zero-order chi connectivity index (χ0) is 13.5. The van der Waals surface area contributed by atoms with Gasteiger partial charge in [-0.1, -0.05) is 32.6 Å². The van der Waals surface area contributed by atoms with Crippen LogP contribution in [0.15, 0.2) is 0 Å². The molecule has 1 aliphatic heterocycles. The summed E-state index contributed by atoms with van der Waals surface area (Å²) < 4.78 is 0. The summed E-state index contributed by atoms with van der Waals surface area (Å²) in [5.41, 5.74) is 5.95. The standard InChI is InChI=1S/C16H28N2O/c1-12-5-4-9-16(17,11-12)15(19)18-10-8-13-6-2-3-7-14(13)18/h12-14H,2-11,17H2,1H3. The second-order valence-electron chi connectivity index (χ2n) is 7.26. The average Bonchev–Trinajstić information content (AvgIpc) is 2.81. The van der Waals surface area contributed by atoms with Crippen molar-refractivity contribution in [1.29, 1.82) is 0 Å². The monoisotopic (exact) mass is 264 g/mol. The van der Waals surface area contributed by atoms with Gasteiger partial charge in [0, 0.05) is 12.6 Å². The van der Waals surface area contributed by atoms with E-state index in [-0.39, 0.29) is 5.91 Å². The van der Waals surface area contributed by atoms with Crippen LogP contribution in [0.1, 0.15) is 64.7 Å². The Kier molecular flexibility index (Phi) is 3.59. The van der Waals surface area contributed by atoms with Gasteiger partial charge in [0.15, 0.2) is 0 Å². The third kappa shape index (κ3) is 2.42. The van der Waals surface area contributed by atoms with Gasteiger partial charge in [-0.25, -0.2) is 0 Å². The molecular formula is C16H28N2O. The molecule has 2 aliphatic carbocycles. The molecule has 0 aromatic heterocycles. The molecule has 0 spiro atoms. The molecule has 0 bridgehead atoms. The number of nitrogens with two attached hydrogens (primary N) is 1. The van der Waals surface area contributed by atoms with Crippen molar-refractivity contribution in [2.75, 3.05) is 6.54 Å². The summed E-state index contributed by atoms with van der Waals surface area (Å²) in [6, 6.07) is 0.513. The van der Waals surface area contributed by atoms with E-state index in [0.717, 1.165) is 31.7 Å². The van der Waals surface area contributed by atoms with Gasteiger partial charge in [-0.2, -0.15) is 0 Å². The van der Waals surface area contributed by atoms with E-state index in [4.69, 9.17) is 5.73 Å². The van der Waals surface area contributed by atoms with Crippen molar-refractivity contribution in [1.82, 2.24) is 4.90 Å². The Morgan fingerprint density at radius 3 is 2.74 bits per heavy atom. The van der Waals surface area contributed by atoms with Gasteiger partial charge in [-0.15, -0.1) is 0 Å². The molecular weight excluding hydrogens is 236 g/mol. The first kappa shape index (κ1) is 13.4. The van der Waals surface area contributed by atoms with E-state index in [0.29, 0.717) is 12.0 Å². The fourth-order valence-corrected chi connectivity index (χ4v) is 4.73. The van der Waals surface area contributed by atoms with Crippen LogP contribution in [-0.2, 0) is 4.79 Å². The maximum Gasteiger partial charge on any atom is 0.242 e. The maximum atomic E-state index is 12.9. The predicted molar refractivity (Wildman–Crippen MR) is 76.6 cm³/mol. The number of fused-ring (bicyclic) bond motifs is 1. The Hall–Kier alpha value is -0.570. The van der Waals surface area contributed by atoms with Gasteiger partial charge >= 0.3 is 0 Å². The number of amides is 1. The molecule has 0 aromatic carbocycles. The lowest BCUT2D eigenvalue weighted by molar-refractivity contribution is -0.140. The van der Waals surface area contributed by atoms with Crippen molar-refractivity contribution in [3.63, 3.8) is 0 Å². The Balaban J connectivity index is 1.72. The van der Waals surface area contributed by atoms with Crippen LogP contribution in [0.25, 0.3) is 0 Å². The summed E-state index contributed by atoms with van der Waals surface area (Å²) in [7, 11) is 0. The fraction of sp³-hybridized carbons (Fsp3) is 0.938. The zero-order valence-corrected chi connectivity index (χ0v) is 12.2. The first-order valence-corrected chi connectivity index (χ1v) is 8.20. The van der Waals surface area contributed by atoms with Crippen LogP contribution >= 0.6 is 0 Å². The molecule has 0 aromatic rings. The van der Waals surface area contributed by atoms with Crippen molar-refractivity contribution in [3.8, 4) is 0 Å². The topological polar surface area (TPSA) is 46.3 Å². The third-order valence-corrected chi connectivity index (χ3v) is 5.73. The SMILES string of the molecule is CC1CCCC(N)(C(=O)N2CCC3CCCCC32)C1. The van der Waals surface area contributed by atoms with Gasteiger partial charge in [-0.05, 0) is 43.9 Å². The quantitative estimate of drug-likeness (QED) is 0.791. The van der Waals surface area contributed by atoms with E-state index < -0.39 is 5.54 Å². The van der Waals surface area contributed by atoms with E-state index in [1.54, 1.807) is 0 Å². The normalized spacial score (nSPS) is 43.1. The minimum absolute atomic E-state index is 0.272. The molecule has 1 saturated heterocycles. The van der Waals surface area contributed by atoms with Crippen molar-refractivity contribution in [2.45, 2.75) is 76.3 Å². The molecule has 3 fully saturated rings. The van der Waals surface area contributed by atoms with Gasteiger partial charge in [0.1, 0.15) is 0 Å². The highest BCUT2D eigenvalue weighted by Crippen LogP contribution is 2.39. The van der Waals surface area contributed by atoms with Crippen molar-refractivity contribution in [3.05, 3.63) is 0 Å². The van der Waals surface area contributed by atoms with Gasteiger partial charge in [0.05, 0.1) is 5.54 Å². The molecule has 4 atom stereocenters. The predicted octanol–water partition coefficient (Wildman–Crippen LogP) is 2.69. The molecule has 2 N–H and O–H groups in total. The molecule has 4 unspecified atom stereocenters. The van der Waals surface area contributed by atoms with Gasteiger partial charge in [0.25, 0.3) is 0 Å². The minimum atomic E-state index is -0.552. The summed E-state index contributed by atoms with van der Waals surface area (Å²) in [5.74, 6) is 1.64. The number of likely N-dealkylation sites (tertiary alicyclic amines) is 1. The molecule has 1 amide bonds. The van der Waals surface area contributed by atoms with Crippen LogP contribution < -0.4 is 5.73 Å². The second-order valence-corrected chi connectivity index (χ2v) is 7.26. The van der Waals surface area contributed by atoms with Crippen LogP contribution in [-0.4, -0.2) is 28.9 Å². The van der Waals surface area contributed by atoms with Gasteiger partial charge < -0.3 is 10.6 Å². The van der Waals surface area contributed by atoms with Crippen molar-refractivity contribution >= 4 is 5.91 Å². The fourth-order valence-electron chi connectivity index (χ4n) is 4.73. The lowest BCUT2D eigenvalue weighted by Gasteiger charge is -2.41. The Bertz CT molecular complexity index is 357. The van der Waals surface area contributed by atoms with Crippen LogP contribution in [0.5, 0.6) is 0 Å². The minimum Gasteiger partial charge on any atom is -0.338 e. The molecule has 1 heterocycles. The first-order valence-electron chi connectivity index (χ1n) is 8.20. The highest BCUT2D eigenvalue weighted by molar-refractivity contribution is 5.86. The van der Waals surface area contributed by atoms with Crippen LogP contribution in [0.3, 0.4) is 0 Å². The summed E-state index contributed by atoms with van der Waals surface area (Å²) >= 11 is 0. The summed E-state index contributed by atoms with van der Waals surface area (Å²) in [5, 5.41) is 0. The summed E-state index contributed by atoms with van der Waals surface area (Å²) in [4.78, 5) is 15.1. The summed E-state index contributed by atoms with van der Waals surface area (Å²) in [6.07, 6.45) is 10.5. The van der Waals surface area contributed by atoms with Gasteiger partial charge in [0.2, 0.25) is 5.91 Å². The number of nitrogens with zero attached hydrogens (tertiary/aromatic N) is 1. The lowest BCUT2D eigenvalue weighted by Crippen LogP contribution is -2.58. The van der Waals surface area contributed by atoms with E-state index in [1.807, 2.05) is 0 Å². The summed E-state index contributed by atoms with van der Waals surface area (Å²) in [6.45, 7) is 3.20. The number of hydrogen-bond acceptors (Lipinski definition) is 2. The molecule has 3 nitrogen and oxygen atoms in total. The number of carbonyl (C=O) groups is 1. The molecule has 3 heteroatoms. The van der Waals surface area contributed by atoms with E-state index in [9.17, 15) is 4.79 Å². The second kappa shape index (κ2) is 5.08. The highest BCUT2D eigenvalue weighted by atomic mass is 16.2. The zero-order valence-electron chi connectivity index (χ0n) is 12.2. The first-order chi connectivity index (χ1) is 9.10. The largest absolute Gasteiger partial charge is 0.338 e. The number of hydrogen-bond donors (Lipinski definition) is 1. The molecule has 3 rings (SSSR count).